The Balaban J connectivity index is 1.30. The predicted molar refractivity (Wildman–Crippen MR) is 198 cm³/mol. The molecule has 0 unspecified atom stereocenters. The Kier molecular flexibility index (Phi) is 6.26. The number of aromatic hydroxyl groups is 1. The van der Waals surface area contributed by atoms with Gasteiger partial charge in [-0.05, 0) is 104 Å². The number of benzene rings is 7. The quantitative estimate of drug-likeness (QED) is 0.208. The average Bonchev–Trinajstić information content (AvgIpc) is 3.56. The fourth-order valence-corrected chi connectivity index (χ4v) is 8.45. The van der Waals surface area contributed by atoms with Crippen LogP contribution in [-0.2, 0) is 10.8 Å². The molecule has 0 fully saturated rings. The topological polar surface area (TPSA) is 23.5 Å². The van der Waals surface area contributed by atoms with Gasteiger partial charge in [-0.3, -0.25) is 0 Å². The minimum absolute atomic E-state index is 0.127. The molecule has 230 valence electrons. The fourth-order valence-electron chi connectivity index (χ4n) is 8.45. The first-order valence-electron chi connectivity index (χ1n) is 16.7. The highest BCUT2D eigenvalue weighted by Crippen LogP contribution is 2.57. The number of phenols is 1. The Hall–Kier alpha value is -5.86. The lowest BCUT2D eigenvalue weighted by Crippen LogP contribution is -2.28. The largest absolute Gasteiger partial charge is 0.508 e. The third kappa shape index (κ3) is 3.99. The summed E-state index contributed by atoms with van der Waals surface area (Å²) in [6.07, 6.45) is 0. The van der Waals surface area contributed by atoms with Crippen LogP contribution < -0.4 is 4.90 Å². The lowest BCUT2D eigenvalue weighted by Gasteiger charge is -2.35. The van der Waals surface area contributed by atoms with Crippen molar-refractivity contribution in [2.24, 2.45) is 0 Å². The highest BCUT2D eigenvalue weighted by Gasteiger charge is 2.46. The number of anilines is 3. The summed E-state index contributed by atoms with van der Waals surface area (Å²) in [5.41, 5.74) is 15.4. The lowest BCUT2D eigenvalue weighted by atomic mass is 9.67. The van der Waals surface area contributed by atoms with Crippen LogP contribution in [-0.4, -0.2) is 5.11 Å². The van der Waals surface area contributed by atoms with E-state index >= 15 is 0 Å². The molecular weight excluding hydrogens is 583 g/mol. The molecule has 9 rings (SSSR count). The van der Waals surface area contributed by atoms with Crippen molar-refractivity contribution in [1.29, 1.82) is 0 Å². The minimum atomic E-state index is -0.493. The molecule has 0 spiro atoms. The van der Waals surface area contributed by atoms with E-state index in [2.05, 4.69) is 164 Å². The van der Waals surface area contributed by atoms with Gasteiger partial charge in [0.05, 0.1) is 5.41 Å². The van der Waals surface area contributed by atoms with Gasteiger partial charge in [0.2, 0.25) is 0 Å². The predicted octanol–water partition coefficient (Wildman–Crippen LogP) is 11.5. The molecule has 1 N–H and O–H groups in total. The van der Waals surface area contributed by atoms with E-state index in [0.29, 0.717) is 0 Å². The summed E-state index contributed by atoms with van der Waals surface area (Å²) in [7, 11) is 0. The summed E-state index contributed by atoms with van der Waals surface area (Å²) < 4.78 is 0. The van der Waals surface area contributed by atoms with Gasteiger partial charge in [-0.25, -0.2) is 0 Å². The first kappa shape index (κ1) is 28.4. The van der Waals surface area contributed by atoms with E-state index < -0.39 is 5.41 Å². The van der Waals surface area contributed by atoms with Gasteiger partial charge in [0.15, 0.2) is 0 Å². The van der Waals surface area contributed by atoms with Crippen molar-refractivity contribution in [2.45, 2.75) is 24.7 Å². The molecule has 0 aliphatic heterocycles. The number of hydrogen-bond donors (Lipinski definition) is 1. The van der Waals surface area contributed by atoms with Crippen molar-refractivity contribution in [1.82, 2.24) is 0 Å². The van der Waals surface area contributed by atoms with E-state index in [1.54, 1.807) is 12.1 Å². The van der Waals surface area contributed by atoms with Crippen molar-refractivity contribution in [3.05, 3.63) is 203 Å². The summed E-state index contributed by atoms with van der Waals surface area (Å²) in [6, 6.07) is 60.9. The number of hydrogen-bond acceptors (Lipinski definition) is 2. The highest BCUT2D eigenvalue weighted by molar-refractivity contribution is 5.90. The Morgan fingerprint density at radius 1 is 0.396 bits per heavy atom. The fraction of sp³-hybridized carbons (Fsp3) is 0.0870. The second kappa shape index (κ2) is 10.6. The smallest absolute Gasteiger partial charge is 0.115 e. The van der Waals surface area contributed by atoms with Crippen LogP contribution in [0.5, 0.6) is 5.75 Å². The number of fused-ring (bicyclic) bond motifs is 6. The van der Waals surface area contributed by atoms with Gasteiger partial charge in [-0.2, -0.15) is 0 Å². The van der Waals surface area contributed by atoms with Gasteiger partial charge < -0.3 is 10.0 Å². The first-order valence-corrected chi connectivity index (χ1v) is 16.7. The molecule has 0 radical (unpaired) electrons. The molecule has 0 saturated carbocycles. The van der Waals surface area contributed by atoms with Crippen LogP contribution in [0.2, 0.25) is 0 Å². The molecule has 7 aromatic carbocycles. The second-order valence-corrected chi connectivity index (χ2v) is 13.5. The van der Waals surface area contributed by atoms with E-state index in [9.17, 15) is 5.11 Å². The van der Waals surface area contributed by atoms with E-state index in [1.807, 2.05) is 12.1 Å². The summed E-state index contributed by atoms with van der Waals surface area (Å²) in [5.74, 6) is 0.251. The van der Waals surface area contributed by atoms with Crippen LogP contribution in [0.25, 0.3) is 22.3 Å². The summed E-state index contributed by atoms with van der Waals surface area (Å²) in [4.78, 5) is 2.34. The van der Waals surface area contributed by atoms with Crippen LogP contribution in [0.15, 0.2) is 170 Å². The standard InChI is InChI=1S/C46H35NO/c1-45(2)41-19-11-9-17-37(41)39-27-23-34(29-43(39)45)47(33-21-25-36(48)26-22-33)35-24-28-40-38-18-10-12-20-42(38)46(44(40)30-35,31-13-5-3-6-14-31)32-15-7-4-8-16-32/h3-30,48H,1-2H3. The van der Waals surface area contributed by atoms with Gasteiger partial charge in [0.25, 0.3) is 0 Å². The van der Waals surface area contributed by atoms with E-state index in [0.717, 1.165) is 17.1 Å². The van der Waals surface area contributed by atoms with Gasteiger partial charge >= 0.3 is 0 Å². The van der Waals surface area contributed by atoms with Crippen molar-refractivity contribution in [3.63, 3.8) is 0 Å². The Morgan fingerprint density at radius 2 is 0.833 bits per heavy atom. The Bertz CT molecular complexity index is 2280. The molecule has 0 atom stereocenters. The molecule has 2 nitrogen and oxygen atoms in total. The Morgan fingerprint density at radius 3 is 1.44 bits per heavy atom. The zero-order valence-corrected chi connectivity index (χ0v) is 27.1. The van der Waals surface area contributed by atoms with E-state index in [1.165, 1.54) is 55.6 Å². The van der Waals surface area contributed by atoms with Crippen LogP contribution >= 0.6 is 0 Å². The minimum Gasteiger partial charge on any atom is -0.508 e. The zero-order valence-electron chi connectivity index (χ0n) is 27.1. The number of nitrogens with zero attached hydrogens (tertiary/aromatic N) is 1. The molecule has 0 aromatic heterocycles. The van der Waals surface area contributed by atoms with Crippen LogP contribution in [0.1, 0.15) is 47.2 Å². The van der Waals surface area contributed by atoms with E-state index in [-0.39, 0.29) is 11.2 Å². The third-order valence-corrected chi connectivity index (χ3v) is 10.6. The summed E-state index contributed by atoms with van der Waals surface area (Å²) in [6.45, 7) is 4.65. The van der Waals surface area contributed by atoms with Gasteiger partial charge in [0, 0.05) is 22.5 Å². The maximum absolute atomic E-state index is 10.3. The zero-order chi connectivity index (χ0) is 32.5. The molecule has 0 bridgehead atoms. The number of rotatable bonds is 5. The first-order chi connectivity index (χ1) is 23.5. The monoisotopic (exact) mass is 617 g/mol. The molecule has 7 aromatic rings. The molecule has 48 heavy (non-hydrogen) atoms. The maximum Gasteiger partial charge on any atom is 0.115 e. The van der Waals surface area contributed by atoms with Crippen LogP contribution in [0, 0.1) is 0 Å². The van der Waals surface area contributed by atoms with Crippen LogP contribution in [0.4, 0.5) is 17.1 Å². The third-order valence-electron chi connectivity index (χ3n) is 10.6. The molecule has 2 heteroatoms. The molecule has 0 saturated heterocycles. The van der Waals surface area contributed by atoms with E-state index in [4.69, 9.17) is 0 Å². The van der Waals surface area contributed by atoms with Gasteiger partial charge in [-0.1, -0.05) is 135 Å². The lowest BCUT2D eigenvalue weighted by molar-refractivity contribution is 0.475. The molecule has 2 aliphatic carbocycles. The molecule has 2 aliphatic rings. The average molecular weight is 618 g/mol. The second-order valence-electron chi connectivity index (χ2n) is 13.5. The van der Waals surface area contributed by atoms with Crippen molar-refractivity contribution in [3.8, 4) is 28.0 Å². The number of phenolic OH excluding ortho intramolecular Hbond substituents is 1. The van der Waals surface area contributed by atoms with Crippen molar-refractivity contribution >= 4 is 17.1 Å². The van der Waals surface area contributed by atoms with Gasteiger partial charge in [-0.15, -0.1) is 0 Å². The van der Waals surface area contributed by atoms with Crippen LogP contribution in [0.3, 0.4) is 0 Å². The molecule has 0 heterocycles. The maximum atomic E-state index is 10.3. The van der Waals surface area contributed by atoms with Crippen molar-refractivity contribution in [2.75, 3.05) is 4.90 Å². The molecular formula is C46H35NO. The summed E-state index contributed by atoms with van der Waals surface area (Å²) >= 11 is 0. The Labute approximate surface area is 282 Å². The SMILES string of the molecule is CC1(C)c2ccccc2-c2ccc(N(c3ccc(O)cc3)c3ccc4c(c3)C(c3ccccc3)(c3ccccc3)c3ccccc3-4)cc21. The summed E-state index contributed by atoms with van der Waals surface area (Å²) in [5, 5.41) is 10.3. The molecule has 0 amide bonds. The van der Waals surface area contributed by atoms with Gasteiger partial charge in [0.1, 0.15) is 5.75 Å². The normalized spacial score (nSPS) is 14.5. The van der Waals surface area contributed by atoms with Crippen molar-refractivity contribution < 1.29 is 5.11 Å². The highest BCUT2D eigenvalue weighted by atomic mass is 16.3.